The first kappa shape index (κ1) is 12.0. The highest BCUT2D eigenvalue weighted by Gasteiger charge is 2.46. The van der Waals surface area contributed by atoms with Crippen LogP contribution in [0.2, 0.25) is 0 Å². The Morgan fingerprint density at radius 1 is 1.57 bits per heavy atom. The van der Waals surface area contributed by atoms with E-state index in [1.807, 2.05) is 0 Å². The molecule has 2 unspecified atom stereocenters. The highest BCUT2D eigenvalue weighted by atomic mass is 16.5. The van der Waals surface area contributed by atoms with E-state index in [4.69, 9.17) is 10.5 Å². The lowest BCUT2D eigenvalue weighted by Crippen LogP contribution is -2.37. The molecule has 1 fully saturated rings. The van der Waals surface area contributed by atoms with Crippen molar-refractivity contribution in [2.45, 2.75) is 45.2 Å². The van der Waals surface area contributed by atoms with Crippen molar-refractivity contribution in [2.75, 3.05) is 20.3 Å². The van der Waals surface area contributed by atoms with Gasteiger partial charge in [0, 0.05) is 19.2 Å². The summed E-state index contributed by atoms with van der Waals surface area (Å²) in [5.74, 6) is 0. The Hall–Kier alpha value is -0.120. The topological polar surface area (TPSA) is 47.3 Å². The van der Waals surface area contributed by atoms with Crippen molar-refractivity contribution >= 4 is 0 Å². The second-order valence-electron chi connectivity index (χ2n) is 5.00. The zero-order chi connectivity index (χ0) is 10.6. The van der Waals surface area contributed by atoms with Gasteiger partial charge in [0.15, 0.2) is 0 Å². The highest BCUT2D eigenvalue weighted by molar-refractivity contribution is 5.02. The maximum absolute atomic E-state index is 5.50. The molecule has 0 aromatic heterocycles. The molecule has 3 N–H and O–H groups in total. The van der Waals surface area contributed by atoms with Crippen molar-refractivity contribution in [3.63, 3.8) is 0 Å². The summed E-state index contributed by atoms with van der Waals surface area (Å²) in [6.07, 6.45) is 3.49. The van der Waals surface area contributed by atoms with E-state index in [9.17, 15) is 0 Å². The van der Waals surface area contributed by atoms with E-state index >= 15 is 0 Å². The number of methoxy groups -OCH3 is 1. The standard InChI is InChI=1S/C11H24N2O/c1-11(2)7-10(11)13-9(8-14-3)5-4-6-12/h9-10,13H,4-8,12H2,1-3H3. The van der Waals surface area contributed by atoms with Crippen molar-refractivity contribution in [3.8, 4) is 0 Å². The van der Waals surface area contributed by atoms with Crippen molar-refractivity contribution < 1.29 is 4.74 Å². The Kier molecular flexibility index (Phi) is 4.35. The predicted molar refractivity (Wildman–Crippen MR) is 59.3 cm³/mol. The van der Waals surface area contributed by atoms with Crippen LogP contribution in [0.5, 0.6) is 0 Å². The van der Waals surface area contributed by atoms with E-state index in [2.05, 4.69) is 19.2 Å². The quantitative estimate of drug-likeness (QED) is 0.647. The first-order valence-corrected chi connectivity index (χ1v) is 5.55. The van der Waals surface area contributed by atoms with Crippen LogP contribution in [0, 0.1) is 5.41 Å². The first-order chi connectivity index (χ1) is 6.60. The van der Waals surface area contributed by atoms with Crippen LogP contribution in [0.15, 0.2) is 0 Å². The molecule has 84 valence electrons. The zero-order valence-corrected chi connectivity index (χ0v) is 9.68. The summed E-state index contributed by atoms with van der Waals surface area (Å²) in [5.41, 5.74) is 6.00. The van der Waals surface area contributed by atoms with Gasteiger partial charge < -0.3 is 15.8 Å². The van der Waals surface area contributed by atoms with Crippen molar-refractivity contribution in [3.05, 3.63) is 0 Å². The summed E-state index contributed by atoms with van der Waals surface area (Å²) < 4.78 is 5.19. The largest absolute Gasteiger partial charge is 0.383 e. The summed E-state index contributed by atoms with van der Waals surface area (Å²) in [4.78, 5) is 0. The Bertz CT molecular complexity index is 171. The molecule has 0 amide bonds. The third-order valence-corrected chi connectivity index (χ3v) is 3.07. The molecule has 14 heavy (non-hydrogen) atoms. The maximum Gasteiger partial charge on any atom is 0.0615 e. The van der Waals surface area contributed by atoms with Gasteiger partial charge in [0.05, 0.1) is 6.61 Å². The van der Waals surface area contributed by atoms with Crippen LogP contribution < -0.4 is 11.1 Å². The van der Waals surface area contributed by atoms with E-state index in [0.29, 0.717) is 17.5 Å². The van der Waals surface area contributed by atoms with Crippen LogP contribution in [0.4, 0.5) is 0 Å². The molecule has 0 aromatic rings. The van der Waals surface area contributed by atoms with Gasteiger partial charge in [-0.2, -0.15) is 0 Å². The molecule has 3 heteroatoms. The predicted octanol–water partition coefficient (Wildman–Crippen LogP) is 1.13. The number of nitrogens with one attached hydrogen (secondary N) is 1. The van der Waals surface area contributed by atoms with Gasteiger partial charge in [0.25, 0.3) is 0 Å². The fourth-order valence-electron chi connectivity index (χ4n) is 1.82. The Labute approximate surface area is 87.4 Å². The van der Waals surface area contributed by atoms with Gasteiger partial charge in [-0.05, 0) is 31.2 Å². The number of hydrogen-bond acceptors (Lipinski definition) is 3. The molecule has 0 spiro atoms. The van der Waals surface area contributed by atoms with E-state index in [-0.39, 0.29) is 0 Å². The summed E-state index contributed by atoms with van der Waals surface area (Å²) in [6.45, 7) is 6.18. The fraction of sp³-hybridized carbons (Fsp3) is 1.00. The average molecular weight is 200 g/mol. The van der Waals surface area contributed by atoms with Crippen LogP contribution in [-0.4, -0.2) is 32.3 Å². The lowest BCUT2D eigenvalue weighted by Gasteiger charge is -2.18. The van der Waals surface area contributed by atoms with Gasteiger partial charge in [0.1, 0.15) is 0 Å². The summed E-state index contributed by atoms with van der Waals surface area (Å²) in [6, 6.07) is 1.16. The Morgan fingerprint density at radius 3 is 2.64 bits per heavy atom. The van der Waals surface area contributed by atoms with Gasteiger partial charge in [-0.1, -0.05) is 13.8 Å². The minimum atomic E-state index is 0.482. The summed E-state index contributed by atoms with van der Waals surface area (Å²) in [7, 11) is 1.76. The minimum absolute atomic E-state index is 0.482. The molecule has 1 rings (SSSR count). The van der Waals surface area contributed by atoms with Crippen molar-refractivity contribution in [1.29, 1.82) is 0 Å². The molecule has 0 heterocycles. The average Bonchev–Trinajstić information content (AvgIpc) is 2.70. The van der Waals surface area contributed by atoms with Crippen LogP contribution in [-0.2, 0) is 4.74 Å². The number of rotatable bonds is 7. The lowest BCUT2D eigenvalue weighted by molar-refractivity contribution is 0.159. The smallest absolute Gasteiger partial charge is 0.0615 e. The molecular weight excluding hydrogens is 176 g/mol. The second kappa shape index (κ2) is 5.10. The molecule has 2 atom stereocenters. The van der Waals surface area contributed by atoms with Gasteiger partial charge in [-0.3, -0.25) is 0 Å². The van der Waals surface area contributed by atoms with Crippen LogP contribution in [0.25, 0.3) is 0 Å². The third-order valence-electron chi connectivity index (χ3n) is 3.07. The molecule has 0 radical (unpaired) electrons. The fourth-order valence-corrected chi connectivity index (χ4v) is 1.82. The minimum Gasteiger partial charge on any atom is -0.383 e. The Balaban J connectivity index is 2.21. The van der Waals surface area contributed by atoms with Gasteiger partial charge in [-0.15, -0.1) is 0 Å². The number of nitrogens with two attached hydrogens (primary N) is 1. The second-order valence-corrected chi connectivity index (χ2v) is 5.00. The zero-order valence-electron chi connectivity index (χ0n) is 9.68. The highest BCUT2D eigenvalue weighted by Crippen LogP contribution is 2.44. The monoisotopic (exact) mass is 200 g/mol. The van der Waals surface area contributed by atoms with Gasteiger partial charge in [0.2, 0.25) is 0 Å². The first-order valence-electron chi connectivity index (χ1n) is 5.55. The number of ether oxygens (including phenoxy) is 1. The molecule has 0 aromatic carbocycles. The van der Waals surface area contributed by atoms with E-state index in [1.165, 1.54) is 6.42 Å². The number of hydrogen-bond donors (Lipinski definition) is 2. The molecular formula is C11H24N2O. The molecule has 1 saturated carbocycles. The maximum atomic E-state index is 5.50. The molecule has 0 bridgehead atoms. The van der Waals surface area contributed by atoms with E-state index in [0.717, 1.165) is 26.0 Å². The third kappa shape index (κ3) is 3.56. The van der Waals surface area contributed by atoms with Crippen molar-refractivity contribution in [2.24, 2.45) is 11.1 Å². The molecule has 3 nitrogen and oxygen atoms in total. The van der Waals surface area contributed by atoms with Crippen LogP contribution in [0.1, 0.15) is 33.1 Å². The normalized spacial score (nSPS) is 26.1. The van der Waals surface area contributed by atoms with Crippen molar-refractivity contribution in [1.82, 2.24) is 5.32 Å². The van der Waals surface area contributed by atoms with E-state index < -0.39 is 0 Å². The molecule has 1 aliphatic rings. The van der Waals surface area contributed by atoms with Crippen LogP contribution in [0.3, 0.4) is 0 Å². The Morgan fingerprint density at radius 2 is 2.21 bits per heavy atom. The SMILES string of the molecule is COCC(CCCN)NC1CC1(C)C. The lowest BCUT2D eigenvalue weighted by atomic mass is 10.1. The molecule has 1 aliphatic carbocycles. The summed E-state index contributed by atoms with van der Waals surface area (Å²) in [5, 5.41) is 3.64. The van der Waals surface area contributed by atoms with Crippen LogP contribution >= 0.6 is 0 Å². The molecule has 0 saturated heterocycles. The molecule has 0 aliphatic heterocycles. The van der Waals surface area contributed by atoms with Gasteiger partial charge >= 0.3 is 0 Å². The van der Waals surface area contributed by atoms with E-state index in [1.54, 1.807) is 7.11 Å². The summed E-state index contributed by atoms with van der Waals surface area (Å²) >= 11 is 0. The van der Waals surface area contributed by atoms with Gasteiger partial charge in [-0.25, -0.2) is 0 Å².